The molecule has 0 bridgehead atoms. The van der Waals surface area contributed by atoms with Crippen molar-refractivity contribution in [3.63, 3.8) is 0 Å². The first-order valence-electron chi connectivity index (χ1n) is 7.78. The molecule has 4 heteroatoms. The summed E-state index contributed by atoms with van der Waals surface area (Å²) in [7, 11) is 0. The third kappa shape index (κ3) is 4.59. The zero-order valence-corrected chi connectivity index (χ0v) is 12.8. The molecule has 0 aromatic heterocycles. The minimum atomic E-state index is -0.0878. The summed E-state index contributed by atoms with van der Waals surface area (Å²) in [5, 5.41) is 5.79. The molecule has 0 spiro atoms. The Balaban J connectivity index is 1.92. The van der Waals surface area contributed by atoms with Gasteiger partial charge in [-0.05, 0) is 51.0 Å². The van der Waals surface area contributed by atoms with Crippen LogP contribution in [-0.2, 0) is 4.79 Å². The van der Waals surface area contributed by atoms with Crippen molar-refractivity contribution < 1.29 is 9.59 Å². The van der Waals surface area contributed by atoms with E-state index in [4.69, 9.17) is 0 Å². The molecule has 2 rings (SSSR count). The van der Waals surface area contributed by atoms with Crippen LogP contribution in [0.3, 0.4) is 0 Å². The molecule has 4 nitrogen and oxygen atoms in total. The monoisotopic (exact) mass is 288 g/mol. The van der Waals surface area contributed by atoms with E-state index in [1.54, 1.807) is 24.3 Å². The lowest BCUT2D eigenvalue weighted by Crippen LogP contribution is -2.30. The summed E-state index contributed by atoms with van der Waals surface area (Å²) in [5.74, 6) is 0.159. The highest BCUT2D eigenvalue weighted by molar-refractivity contribution is 5.96. The molecule has 0 unspecified atom stereocenters. The summed E-state index contributed by atoms with van der Waals surface area (Å²) in [6.45, 7) is 3.85. The zero-order chi connectivity index (χ0) is 15.2. The van der Waals surface area contributed by atoms with E-state index >= 15 is 0 Å². The van der Waals surface area contributed by atoms with Crippen molar-refractivity contribution in [1.29, 1.82) is 0 Å². The van der Waals surface area contributed by atoms with Gasteiger partial charge in [-0.3, -0.25) is 9.59 Å². The average molecular weight is 288 g/mol. The summed E-state index contributed by atoms with van der Waals surface area (Å²) < 4.78 is 0. The van der Waals surface area contributed by atoms with Crippen LogP contribution in [0.1, 0.15) is 56.3 Å². The topological polar surface area (TPSA) is 58.2 Å². The lowest BCUT2D eigenvalue weighted by molar-refractivity contribution is -0.120. The summed E-state index contributed by atoms with van der Waals surface area (Å²) >= 11 is 0. The number of benzene rings is 1. The smallest absolute Gasteiger partial charge is 0.251 e. The molecule has 1 aliphatic rings. The Labute approximate surface area is 126 Å². The van der Waals surface area contributed by atoms with E-state index in [0.29, 0.717) is 5.56 Å². The van der Waals surface area contributed by atoms with Crippen molar-refractivity contribution in [2.24, 2.45) is 5.92 Å². The molecule has 1 aromatic carbocycles. The second-order valence-electron chi connectivity index (χ2n) is 6.03. The first kappa shape index (κ1) is 15.5. The Morgan fingerprint density at radius 1 is 1.05 bits per heavy atom. The molecule has 2 N–H and O–H groups in total. The van der Waals surface area contributed by atoms with Gasteiger partial charge in [-0.15, -0.1) is 0 Å². The Kier molecular flexibility index (Phi) is 5.37. The van der Waals surface area contributed by atoms with E-state index < -0.39 is 0 Å². The van der Waals surface area contributed by atoms with Crippen LogP contribution in [0.15, 0.2) is 24.3 Å². The number of anilines is 1. The van der Waals surface area contributed by atoms with E-state index in [0.717, 1.165) is 31.4 Å². The summed E-state index contributed by atoms with van der Waals surface area (Å²) in [6.07, 6.45) is 5.50. The van der Waals surface area contributed by atoms with Crippen molar-refractivity contribution in [2.75, 3.05) is 5.32 Å². The van der Waals surface area contributed by atoms with Gasteiger partial charge in [0.2, 0.25) is 5.91 Å². The molecule has 0 radical (unpaired) electrons. The minimum absolute atomic E-state index is 0.0878. The highest BCUT2D eigenvalue weighted by atomic mass is 16.2. The molecule has 21 heavy (non-hydrogen) atoms. The van der Waals surface area contributed by atoms with Crippen LogP contribution in [0.25, 0.3) is 0 Å². The summed E-state index contributed by atoms with van der Waals surface area (Å²) in [6, 6.07) is 7.18. The number of carbonyl (C=O) groups is 2. The Morgan fingerprint density at radius 2 is 1.67 bits per heavy atom. The minimum Gasteiger partial charge on any atom is -0.350 e. The summed E-state index contributed by atoms with van der Waals surface area (Å²) in [4.78, 5) is 24.0. The molecular formula is C17H24N2O2. The summed E-state index contributed by atoms with van der Waals surface area (Å²) in [5.41, 5.74) is 1.37. The van der Waals surface area contributed by atoms with Gasteiger partial charge in [0.15, 0.2) is 0 Å². The zero-order valence-electron chi connectivity index (χ0n) is 12.8. The quantitative estimate of drug-likeness (QED) is 0.892. The van der Waals surface area contributed by atoms with Gasteiger partial charge < -0.3 is 10.6 Å². The van der Waals surface area contributed by atoms with E-state index in [1.165, 1.54) is 6.42 Å². The fraction of sp³-hybridized carbons (Fsp3) is 0.529. The maximum absolute atomic E-state index is 12.1. The van der Waals surface area contributed by atoms with E-state index in [9.17, 15) is 9.59 Å². The van der Waals surface area contributed by atoms with Gasteiger partial charge in [0.05, 0.1) is 0 Å². The number of rotatable bonds is 4. The molecule has 1 aliphatic carbocycles. The fourth-order valence-electron chi connectivity index (χ4n) is 2.66. The van der Waals surface area contributed by atoms with Crippen molar-refractivity contribution in [1.82, 2.24) is 5.32 Å². The molecule has 0 heterocycles. The van der Waals surface area contributed by atoms with Crippen molar-refractivity contribution in [3.8, 4) is 0 Å². The van der Waals surface area contributed by atoms with Gasteiger partial charge in [0, 0.05) is 23.2 Å². The molecule has 1 aromatic rings. The van der Waals surface area contributed by atoms with Crippen molar-refractivity contribution in [2.45, 2.75) is 52.0 Å². The van der Waals surface area contributed by atoms with E-state index in [-0.39, 0.29) is 23.8 Å². The number of amides is 2. The second kappa shape index (κ2) is 7.25. The Morgan fingerprint density at radius 3 is 2.24 bits per heavy atom. The van der Waals surface area contributed by atoms with Crippen LogP contribution < -0.4 is 10.6 Å². The third-order valence-electron chi connectivity index (χ3n) is 3.81. The van der Waals surface area contributed by atoms with Gasteiger partial charge in [-0.25, -0.2) is 0 Å². The molecule has 1 saturated carbocycles. The molecule has 0 saturated heterocycles. The number of hydrogen-bond acceptors (Lipinski definition) is 2. The van der Waals surface area contributed by atoms with Crippen LogP contribution in [0.4, 0.5) is 5.69 Å². The molecule has 114 valence electrons. The van der Waals surface area contributed by atoms with Crippen LogP contribution in [0, 0.1) is 5.92 Å². The first-order valence-corrected chi connectivity index (χ1v) is 7.78. The predicted octanol–water partition coefficient (Wildman–Crippen LogP) is 3.34. The number of carbonyl (C=O) groups excluding carboxylic acids is 2. The molecule has 0 atom stereocenters. The van der Waals surface area contributed by atoms with E-state index in [2.05, 4.69) is 10.6 Å². The fourth-order valence-corrected chi connectivity index (χ4v) is 2.66. The lowest BCUT2D eigenvalue weighted by atomic mass is 9.88. The average Bonchev–Trinajstić information content (AvgIpc) is 2.48. The predicted molar refractivity (Wildman–Crippen MR) is 84.2 cm³/mol. The normalized spacial score (nSPS) is 15.8. The molecule has 0 aliphatic heterocycles. The SMILES string of the molecule is CC(C)NC(=O)c1ccc(NC(=O)C2CCCCC2)cc1. The molecular weight excluding hydrogens is 264 g/mol. The highest BCUT2D eigenvalue weighted by Gasteiger charge is 2.21. The van der Waals surface area contributed by atoms with Gasteiger partial charge in [-0.2, -0.15) is 0 Å². The third-order valence-corrected chi connectivity index (χ3v) is 3.81. The van der Waals surface area contributed by atoms with Gasteiger partial charge >= 0.3 is 0 Å². The first-order chi connectivity index (χ1) is 10.1. The van der Waals surface area contributed by atoms with E-state index in [1.807, 2.05) is 13.8 Å². The standard InChI is InChI=1S/C17H24N2O2/c1-12(2)18-16(20)14-8-10-15(11-9-14)19-17(21)13-6-4-3-5-7-13/h8-13H,3-7H2,1-2H3,(H,18,20)(H,19,21). The van der Waals surface area contributed by atoms with Crippen LogP contribution >= 0.6 is 0 Å². The van der Waals surface area contributed by atoms with Gasteiger partial charge in [0.25, 0.3) is 5.91 Å². The van der Waals surface area contributed by atoms with Crippen molar-refractivity contribution >= 4 is 17.5 Å². The maximum Gasteiger partial charge on any atom is 0.251 e. The van der Waals surface area contributed by atoms with Crippen LogP contribution in [0.5, 0.6) is 0 Å². The maximum atomic E-state index is 12.1. The number of hydrogen-bond donors (Lipinski definition) is 2. The molecule has 2 amide bonds. The lowest BCUT2D eigenvalue weighted by Gasteiger charge is -2.20. The van der Waals surface area contributed by atoms with Gasteiger partial charge in [0.1, 0.15) is 0 Å². The second-order valence-corrected chi connectivity index (χ2v) is 6.03. The number of nitrogens with one attached hydrogen (secondary N) is 2. The molecule has 1 fully saturated rings. The van der Waals surface area contributed by atoms with Crippen LogP contribution in [0.2, 0.25) is 0 Å². The Hall–Kier alpha value is -1.84. The van der Waals surface area contributed by atoms with Crippen molar-refractivity contribution in [3.05, 3.63) is 29.8 Å². The van der Waals surface area contributed by atoms with Gasteiger partial charge in [-0.1, -0.05) is 19.3 Å². The largest absolute Gasteiger partial charge is 0.350 e. The van der Waals surface area contributed by atoms with Crippen LogP contribution in [-0.4, -0.2) is 17.9 Å². The highest BCUT2D eigenvalue weighted by Crippen LogP contribution is 2.25. The Bertz CT molecular complexity index is 488.